The van der Waals surface area contributed by atoms with E-state index < -0.39 is 41.4 Å². The van der Waals surface area contributed by atoms with Gasteiger partial charge in [0.05, 0.1) is 24.1 Å². The maximum atomic E-state index is 14.4. The van der Waals surface area contributed by atoms with Crippen molar-refractivity contribution in [1.29, 1.82) is 0 Å². The lowest BCUT2D eigenvalue weighted by atomic mass is 9.55. The number of unbranched alkanes of at least 4 members (excludes halogenated alkanes) is 2. The molecule has 2 aliphatic carbocycles. The van der Waals surface area contributed by atoms with Gasteiger partial charge >= 0.3 is 12.2 Å². The van der Waals surface area contributed by atoms with Crippen molar-refractivity contribution in [2.75, 3.05) is 38.9 Å². The number of rotatable bonds is 19. The summed E-state index contributed by atoms with van der Waals surface area (Å²) in [6.07, 6.45) is 6.96. The Morgan fingerprint density at radius 1 is 1.10 bits per heavy atom. The molecule has 58 heavy (non-hydrogen) atoms. The molecule has 318 valence electrons. The van der Waals surface area contributed by atoms with Gasteiger partial charge in [0, 0.05) is 44.2 Å². The largest absolute Gasteiger partial charge is 0.459 e. The predicted octanol–water partition coefficient (Wildman–Crippen LogP) is 8.24. The number of aliphatic hydroxyl groups excluding tert-OH is 2. The number of halogens is 2. The summed E-state index contributed by atoms with van der Waals surface area (Å²) in [7, 11) is 0. The Morgan fingerprint density at radius 2 is 1.83 bits per heavy atom. The van der Waals surface area contributed by atoms with E-state index in [0.717, 1.165) is 36.8 Å². The summed E-state index contributed by atoms with van der Waals surface area (Å²) in [5, 5.41) is 27.2. The van der Waals surface area contributed by atoms with Gasteiger partial charge in [0.2, 0.25) is 5.79 Å². The zero-order chi connectivity index (χ0) is 41.9. The highest BCUT2D eigenvalue weighted by molar-refractivity contribution is 6.18. The Labute approximate surface area is 346 Å². The first-order chi connectivity index (χ1) is 27.9. The molecule has 0 radical (unpaired) electrons. The van der Waals surface area contributed by atoms with Crippen LogP contribution in [0.4, 0.5) is 14.0 Å². The van der Waals surface area contributed by atoms with Crippen LogP contribution in [0.2, 0.25) is 0 Å². The normalized spacial score (nSPS) is 24.1. The van der Waals surface area contributed by atoms with Gasteiger partial charge in [-0.05, 0) is 107 Å². The van der Waals surface area contributed by atoms with E-state index in [0.29, 0.717) is 42.2 Å². The standard InChI is InChI=1S/C44H59ClFN3O9/c1-6-23-55-44-38(49(42(53)54-24-20-45)28-29-14-16-31(46)17-15-29)27-36(48-58-43(3,4)5)34-25-30(12-8-10-21-50)33(13-9-11-22-51)39(40(34)44)35-26-32(18-19-37(35)57-44)56-41(52)47-7-2/h6,14-19,25-26,30,33,38-40,50-51H,1,7-13,20-24,27-28H2,2-5H3,(H,47,52). The van der Waals surface area contributed by atoms with Gasteiger partial charge in [-0.15, -0.1) is 18.2 Å². The number of hydrogen-bond donors (Lipinski definition) is 3. The van der Waals surface area contributed by atoms with Gasteiger partial charge in [-0.2, -0.15) is 0 Å². The third kappa shape index (κ3) is 10.7. The molecule has 1 aliphatic heterocycles. The number of hydrogen-bond acceptors (Lipinski definition) is 10. The molecule has 2 aromatic rings. The lowest BCUT2D eigenvalue weighted by Crippen LogP contribution is -2.70. The number of oxime groups is 1. The monoisotopic (exact) mass is 827 g/mol. The van der Waals surface area contributed by atoms with Crippen LogP contribution < -0.4 is 14.8 Å². The van der Waals surface area contributed by atoms with Crippen molar-refractivity contribution in [3.63, 3.8) is 0 Å². The molecule has 1 fully saturated rings. The van der Waals surface area contributed by atoms with Gasteiger partial charge in [-0.3, -0.25) is 4.90 Å². The summed E-state index contributed by atoms with van der Waals surface area (Å²) in [6.45, 7) is 12.0. The lowest BCUT2D eigenvalue weighted by Gasteiger charge is -2.60. The number of benzene rings is 2. The second-order valence-electron chi connectivity index (χ2n) is 16.0. The summed E-state index contributed by atoms with van der Waals surface area (Å²) in [5.74, 6) is -2.10. The topological polar surface area (TPSA) is 148 Å². The van der Waals surface area contributed by atoms with Crippen molar-refractivity contribution in [2.45, 2.75) is 103 Å². The molecule has 6 unspecified atom stereocenters. The van der Waals surface area contributed by atoms with E-state index in [1.165, 1.54) is 12.1 Å². The molecule has 1 heterocycles. The fourth-order valence-corrected chi connectivity index (χ4v) is 8.57. The molecule has 3 N–H and O–H groups in total. The number of alkyl halides is 1. The van der Waals surface area contributed by atoms with Gasteiger partial charge in [0.1, 0.15) is 35.6 Å². The maximum absolute atomic E-state index is 14.4. The number of fused-ring (bicyclic) bond motifs is 2. The van der Waals surface area contributed by atoms with Crippen molar-refractivity contribution in [2.24, 2.45) is 22.9 Å². The molecular formula is C44H59ClFN3O9. The minimum Gasteiger partial charge on any atom is -0.459 e. The Balaban J connectivity index is 1.82. The fourth-order valence-electron chi connectivity index (χ4n) is 8.49. The van der Waals surface area contributed by atoms with Gasteiger partial charge in [-0.25, -0.2) is 14.0 Å². The molecule has 0 saturated heterocycles. The highest BCUT2D eigenvalue weighted by Crippen LogP contribution is 2.62. The van der Waals surface area contributed by atoms with Crippen molar-refractivity contribution in [3.8, 4) is 11.5 Å². The van der Waals surface area contributed by atoms with Crippen LogP contribution in [0.15, 0.2) is 71.9 Å². The minimum absolute atomic E-state index is 0.00194. The molecule has 12 nitrogen and oxygen atoms in total. The smallest absolute Gasteiger partial charge is 0.412 e. The van der Waals surface area contributed by atoms with E-state index in [1.54, 1.807) is 42.2 Å². The summed E-state index contributed by atoms with van der Waals surface area (Å²) in [5.41, 5.74) is 2.22. The second kappa shape index (κ2) is 20.7. The number of amides is 2. The van der Waals surface area contributed by atoms with Crippen LogP contribution in [0.5, 0.6) is 11.5 Å². The molecule has 3 aliphatic rings. The van der Waals surface area contributed by atoms with Crippen LogP contribution in [-0.4, -0.2) is 89.3 Å². The second-order valence-corrected chi connectivity index (χ2v) is 16.3. The average molecular weight is 828 g/mol. The zero-order valence-corrected chi connectivity index (χ0v) is 34.8. The summed E-state index contributed by atoms with van der Waals surface area (Å²) in [6, 6.07) is 10.3. The first-order valence-electron chi connectivity index (χ1n) is 20.4. The summed E-state index contributed by atoms with van der Waals surface area (Å²) < 4.78 is 39.8. The predicted molar refractivity (Wildman–Crippen MR) is 220 cm³/mol. The molecule has 5 rings (SSSR count). The van der Waals surface area contributed by atoms with E-state index in [9.17, 15) is 24.2 Å². The van der Waals surface area contributed by atoms with Crippen LogP contribution in [0.1, 0.15) is 89.7 Å². The molecule has 6 atom stereocenters. The van der Waals surface area contributed by atoms with Gasteiger partial charge in [-0.1, -0.05) is 42.3 Å². The molecule has 2 aromatic carbocycles. The van der Waals surface area contributed by atoms with Crippen LogP contribution in [-0.2, 0) is 20.9 Å². The molecule has 0 spiro atoms. The van der Waals surface area contributed by atoms with Crippen LogP contribution >= 0.6 is 11.6 Å². The number of carbonyl (C=O) groups excluding carboxylic acids is 2. The zero-order valence-electron chi connectivity index (χ0n) is 34.1. The summed E-state index contributed by atoms with van der Waals surface area (Å²) in [4.78, 5) is 34.8. The van der Waals surface area contributed by atoms with E-state index >= 15 is 0 Å². The third-order valence-electron chi connectivity index (χ3n) is 10.8. The Morgan fingerprint density at radius 3 is 2.48 bits per heavy atom. The van der Waals surface area contributed by atoms with Crippen molar-refractivity contribution in [3.05, 3.63) is 83.7 Å². The number of nitrogens with one attached hydrogen (secondary N) is 1. The average Bonchev–Trinajstić information content (AvgIpc) is 3.19. The highest BCUT2D eigenvalue weighted by atomic mass is 35.5. The molecule has 14 heteroatoms. The van der Waals surface area contributed by atoms with E-state index in [4.69, 9.17) is 40.5 Å². The fraction of sp³-hybridized carbons (Fsp3) is 0.568. The molecular weight excluding hydrogens is 769 g/mol. The number of carbonyl (C=O) groups is 2. The number of nitrogens with zero attached hydrogens (tertiary/aromatic N) is 2. The molecule has 0 aromatic heterocycles. The van der Waals surface area contributed by atoms with Gasteiger partial charge < -0.3 is 39.3 Å². The Kier molecular flexibility index (Phi) is 16.0. The van der Waals surface area contributed by atoms with Crippen molar-refractivity contribution >= 4 is 29.5 Å². The van der Waals surface area contributed by atoms with Gasteiger partial charge in [0.15, 0.2) is 0 Å². The minimum atomic E-state index is -1.56. The SMILES string of the molecule is C=CCOC12Oc3ccc(OC(=O)NCC)cc3C3C(CCCCO)C(CCCCO)C=C(C(=NOC(C)(C)C)CC1N(Cc1ccc(F)cc1)C(=O)OCCCl)C32. The number of aliphatic hydroxyl groups is 2. The Bertz CT molecular complexity index is 1770. The number of ether oxygens (including phenoxy) is 4. The Hall–Kier alpha value is -4.17. The first-order valence-corrected chi connectivity index (χ1v) is 20.9. The van der Waals surface area contributed by atoms with Crippen LogP contribution in [0, 0.1) is 23.6 Å². The van der Waals surface area contributed by atoms with Crippen molar-refractivity contribution in [1.82, 2.24) is 10.2 Å². The summed E-state index contributed by atoms with van der Waals surface area (Å²) >= 11 is 6.03. The van der Waals surface area contributed by atoms with Crippen LogP contribution in [0.25, 0.3) is 0 Å². The third-order valence-corrected chi connectivity index (χ3v) is 10.9. The highest BCUT2D eigenvalue weighted by Gasteiger charge is 2.65. The first kappa shape index (κ1) is 44.9. The maximum Gasteiger partial charge on any atom is 0.412 e. The molecule has 2 amide bonds. The van der Waals surface area contributed by atoms with Crippen LogP contribution in [0.3, 0.4) is 0 Å². The van der Waals surface area contributed by atoms with E-state index in [2.05, 4.69) is 18.0 Å². The molecule has 1 saturated carbocycles. The van der Waals surface area contributed by atoms with E-state index in [-0.39, 0.29) is 63.0 Å². The number of allylic oxidation sites excluding steroid dienone is 1. The quantitative estimate of drug-likeness (QED) is 0.0551. The van der Waals surface area contributed by atoms with Crippen molar-refractivity contribution < 1.29 is 48.0 Å². The molecule has 0 bridgehead atoms. The lowest BCUT2D eigenvalue weighted by molar-refractivity contribution is -0.256. The van der Waals surface area contributed by atoms with E-state index in [1.807, 2.05) is 26.8 Å². The van der Waals surface area contributed by atoms with Gasteiger partial charge in [0.25, 0.3) is 0 Å².